The number of nitriles is 1. The molecule has 0 N–H and O–H groups in total. The third-order valence-corrected chi connectivity index (χ3v) is 3.19. The van der Waals surface area contributed by atoms with E-state index in [1.165, 1.54) is 6.42 Å². The minimum atomic E-state index is 0.494. The van der Waals surface area contributed by atoms with Crippen molar-refractivity contribution < 1.29 is 0 Å². The van der Waals surface area contributed by atoms with E-state index in [-0.39, 0.29) is 0 Å². The number of hydrogen-bond donors (Lipinski definition) is 0. The van der Waals surface area contributed by atoms with Gasteiger partial charge < -0.3 is 4.90 Å². The highest BCUT2D eigenvalue weighted by Gasteiger charge is 2.22. The Labute approximate surface area is 102 Å². The highest BCUT2D eigenvalue weighted by molar-refractivity contribution is 5.16. The Morgan fingerprint density at radius 1 is 1.53 bits per heavy atom. The van der Waals surface area contributed by atoms with E-state index in [2.05, 4.69) is 34.1 Å². The summed E-state index contributed by atoms with van der Waals surface area (Å²) in [5, 5.41) is 8.60. The van der Waals surface area contributed by atoms with Gasteiger partial charge in [0.2, 0.25) is 0 Å². The summed E-state index contributed by atoms with van der Waals surface area (Å²) in [6.45, 7) is 4.22. The number of likely N-dealkylation sites (N-methyl/N-ethyl adjacent to an activating group) is 1. The molecule has 0 spiro atoms. The van der Waals surface area contributed by atoms with Crippen LogP contribution in [0.5, 0.6) is 0 Å². The van der Waals surface area contributed by atoms with Gasteiger partial charge in [0.05, 0.1) is 6.07 Å². The lowest BCUT2D eigenvalue weighted by atomic mass is 10.0. The van der Waals surface area contributed by atoms with E-state index in [1.807, 2.05) is 6.92 Å². The highest BCUT2D eigenvalue weighted by atomic mass is 15.1. The van der Waals surface area contributed by atoms with E-state index >= 15 is 0 Å². The molecule has 1 aromatic rings. The van der Waals surface area contributed by atoms with Gasteiger partial charge in [-0.05, 0) is 33.0 Å². The van der Waals surface area contributed by atoms with E-state index in [1.54, 1.807) is 0 Å². The standard InChI is InChI=1S/C13H18N4/c1-10-8-12(11-5-7-17(2)9-11)16-13(15-10)4-3-6-14/h8,11H,3-5,7,9H2,1-2H3. The van der Waals surface area contributed by atoms with Gasteiger partial charge in [0, 0.05) is 36.7 Å². The SMILES string of the molecule is Cc1cc(C2CCN(C)C2)nc(CCC#N)n1. The fraction of sp³-hybridized carbons (Fsp3) is 0.615. The zero-order chi connectivity index (χ0) is 12.3. The molecular formula is C13H18N4. The Bertz CT molecular complexity index is 436. The second-order valence-electron chi connectivity index (χ2n) is 4.76. The van der Waals surface area contributed by atoms with Crippen LogP contribution in [0, 0.1) is 18.3 Å². The molecule has 1 atom stereocenters. The zero-order valence-electron chi connectivity index (χ0n) is 10.5. The molecule has 1 fully saturated rings. The van der Waals surface area contributed by atoms with Gasteiger partial charge in [0.15, 0.2) is 0 Å². The summed E-state index contributed by atoms with van der Waals surface area (Å²) in [6.07, 6.45) is 2.33. The van der Waals surface area contributed by atoms with Crippen LogP contribution in [0.3, 0.4) is 0 Å². The van der Waals surface area contributed by atoms with Crippen LogP contribution in [0.4, 0.5) is 0 Å². The van der Waals surface area contributed by atoms with Gasteiger partial charge in [-0.25, -0.2) is 9.97 Å². The van der Waals surface area contributed by atoms with Gasteiger partial charge in [0.1, 0.15) is 5.82 Å². The molecular weight excluding hydrogens is 212 g/mol. The smallest absolute Gasteiger partial charge is 0.129 e. The summed E-state index contributed by atoms with van der Waals surface area (Å²) >= 11 is 0. The Morgan fingerprint density at radius 3 is 3.00 bits per heavy atom. The molecule has 0 aromatic carbocycles. The largest absolute Gasteiger partial charge is 0.306 e. The predicted molar refractivity (Wildman–Crippen MR) is 65.6 cm³/mol. The summed E-state index contributed by atoms with van der Waals surface area (Å²) in [7, 11) is 2.14. The molecule has 0 amide bonds. The van der Waals surface area contributed by atoms with Gasteiger partial charge >= 0.3 is 0 Å². The van der Waals surface area contributed by atoms with Crippen molar-refractivity contribution in [2.24, 2.45) is 0 Å². The van der Waals surface area contributed by atoms with E-state index < -0.39 is 0 Å². The monoisotopic (exact) mass is 230 g/mol. The molecule has 1 unspecified atom stereocenters. The van der Waals surface area contributed by atoms with Crippen LogP contribution in [0.15, 0.2) is 6.07 Å². The van der Waals surface area contributed by atoms with Gasteiger partial charge in [-0.2, -0.15) is 5.26 Å². The molecule has 1 saturated heterocycles. The summed E-state index contributed by atoms with van der Waals surface area (Å²) in [5.41, 5.74) is 2.16. The molecule has 0 bridgehead atoms. The van der Waals surface area contributed by atoms with Crippen molar-refractivity contribution in [3.05, 3.63) is 23.3 Å². The Balaban J connectivity index is 2.17. The summed E-state index contributed by atoms with van der Waals surface area (Å²) < 4.78 is 0. The maximum Gasteiger partial charge on any atom is 0.129 e. The lowest BCUT2D eigenvalue weighted by molar-refractivity contribution is 0.410. The molecule has 17 heavy (non-hydrogen) atoms. The molecule has 4 heteroatoms. The molecule has 1 aliphatic heterocycles. The van der Waals surface area contributed by atoms with Gasteiger partial charge in [-0.15, -0.1) is 0 Å². The fourth-order valence-corrected chi connectivity index (χ4v) is 2.32. The molecule has 2 heterocycles. The fourth-order valence-electron chi connectivity index (χ4n) is 2.32. The first-order valence-electron chi connectivity index (χ1n) is 6.09. The lowest BCUT2D eigenvalue weighted by Crippen LogP contribution is -2.14. The number of rotatable bonds is 3. The van der Waals surface area contributed by atoms with Crippen molar-refractivity contribution in [2.75, 3.05) is 20.1 Å². The normalized spacial score (nSPS) is 20.4. The third kappa shape index (κ3) is 3.01. The van der Waals surface area contributed by atoms with Crippen LogP contribution < -0.4 is 0 Å². The number of aromatic nitrogens is 2. The predicted octanol–water partition coefficient (Wildman–Crippen LogP) is 1.66. The van der Waals surface area contributed by atoms with Gasteiger partial charge in [-0.1, -0.05) is 0 Å². The van der Waals surface area contributed by atoms with Crippen molar-refractivity contribution >= 4 is 0 Å². The minimum Gasteiger partial charge on any atom is -0.306 e. The van der Waals surface area contributed by atoms with Crippen molar-refractivity contribution in [2.45, 2.75) is 32.1 Å². The molecule has 2 rings (SSSR count). The molecule has 1 aromatic heterocycles. The quantitative estimate of drug-likeness (QED) is 0.792. The lowest BCUT2D eigenvalue weighted by Gasteiger charge is -2.11. The van der Waals surface area contributed by atoms with Crippen molar-refractivity contribution in [1.29, 1.82) is 5.26 Å². The van der Waals surface area contributed by atoms with Crippen LogP contribution in [0.1, 0.15) is 36.0 Å². The number of hydrogen-bond acceptors (Lipinski definition) is 4. The first-order chi connectivity index (χ1) is 8.19. The molecule has 0 aliphatic carbocycles. The van der Waals surface area contributed by atoms with E-state index in [9.17, 15) is 0 Å². The Morgan fingerprint density at radius 2 is 2.35 bits per heavy atom. The number of nitrogens with zero attached hydrogens (tertiary/aromatic N) is 4. The zero-order valence-corrected chi connectivity index (χ0v) is 10.5. The summed E-state index contributed by atoms with van der Waals surface area (Å²) in [6, 6.07) is 4.23. The van der Waals surface area contributed by atoms with Gasteiger partial charge in [0.25, 0.3) is 0 Å². The first-order valence-corrected chi connectivity index (χ1v) is 6.09. The second kappa shape index (κ2) is 5.24. The van der Waals surface area contributed by atoms with Crippen molar-refractivity contribution in [3.63, 3.8) is 0 Å². The topological polar surface area (TPSA) is 52.8 Å². The maximum atomic E-state index is 8.60. The van der Waals surface area contributed by atoms with Crippen LogP contribution in [-0.4, -0.2) is 35.0 Å². The number of aryl methyl sites for hydroxylation is 2. The summed E-state index contributed by atoms with van der Waals surface area (Å²) in [4.78, 5) is 11.3. The van der Waals surface area contributed by atoms with Crippen molar-refractivity contribution in [3.8, 4) is 6.07 Å². The van der Waals surface area contributed by atoms with Crippen LogP contribution in [0.25, 0.3) is 0 Å². The number of likely N-dealkylation sites (tertiary alicyclic amines) is 1. The molecule has 0 radical (unpaired) electrons. The summed E-state index contributed by atoms with van der Waals surface area (Å²) in [5.74, 6) is 1.35. The Hall–Kier alpha value is -1.47. The average Bonchev–Trinajstić information content (AvgIpc) is 2.72. The minimum absolute atomic E-state index is 0.494. The van der Waals surface area contributed by atoms with E-state index in [0.29, 0.717) is 18.8 Å². The Kier molecular flexibility index (Phi) is 3.70. The molecule has 0 saturated carbocycles. The first kappa shape index (κ1) is 12.0. The third-order valence-electron chi connectivity index (χ3n) is 3.19. The van der Waals surface area contributed by atoms with Gasteiger partial charge in [-0.3, -0.25) is 0 Å². The van der Waals surface area contributed by atoms with Crippen LogP contribution in [0.2, 0.25) is 0 Å². The molecule has 1 aliphatic rings. The van der Waals surface area contributed by atoms with E-state index in [0.717, 1.165) is 30.3 Å². The van der Waals surface area contributed by atoms with E-state index in [4.69, 9.17) is 5.26 Å². The van der Waals surface area contributed by atoms with Crippen LogP contribution in [-0.2, 0) is 6.42 Å². The average molecular weight is 230 g/mol. The second-order valence-corrected chi connectivity index (χ2v) is 4.76. The molecule has 90 valence electrons. The maximum absolute atomic E-state index is 8.60. The van der Waals surface area contributed by atoms with Crippen LogP contribution >= 0.6 is 0 Å². The van der Waals surface area contributed by atoms with Crippen molar-refractivity contribution in [1.82, 2.24) is 14.9 Å². The molecule has 4 nitrogen and oxygen atoms in total. The highest BCUT2D eigenvalue weighted by Crippen LogP contribution is 2.25.